The van der Waals surface area contributed by atoms with Crippen molar-refractivity contribution in [2.45, 2.75) is 129 Å². The molecule has 1 amide bonds. The summed E-state index contributed by atoms with van der Waals surface area (Å²) in [5.74, 6) is -6.97. The van der Waals surface area contributed by atoms with Gasteiger partial charge in [0.05, 0.1) is 18.3 Å². The van der Waals surface area contributed by atoms with Gasteiger partial charge in [-0.2, -0.15) is 0 Å². The van der Waals surface area contributed by atoms with Crippen molar-refractivity contribution in [1.29, 1.82) is 0 Å². The quantitative estimate of drug-likeness (QED) is 0.178. The molecule has 5 rings (SSSR count). The number of fused-ring (bicyclic) bond motifs is 1. The molecule has 3 aliphatic rings. The number of cyclic esters (lactones) is 1. The molecule has 3 aliphatic heterocycles. The Morgan fingerprint density at radius 1 is 1.05 bits per heavy atom. The van der Waals surface area contributed by atoms with E-state index in [1.165, 1.54) is 33.2 Å². The largest absolute Gasteiger partial charge is 0.509 e. The van der Waals surface area contributed by atoms with Gasteiger partial charge in [-0.15, -0.1) is 0 Å². The number of nitrogens with zero attached hydrogens (tertiary/aromatic N) is 2. The van der Waals surface area contributed by atoms with Gasteiger partial charge in [0.25, 0.3) is 0 Å². The number of hydrogen-bond donors (Lipinski definition) is 2. The Balaban J connectivity index is 1.50. The van der Waals surface area contributed by atoms with Gasteiger partial charge in [0, 0.05) is 29.4 Å². The van der Waals surface area contributed by atoms with Crippen LogP contribution in [-0.4, -0.2) is 119 Å². The number of carbonyl (C=O) groups is 5. The number of aliphatic hydroxyl groups excluding tert-OH is 1. The number of alkyl carbamates (subject to hydrolysis) is 1. The highest BCUT2D eigenvalue weighted by atomic mass is 19.1. The van der Waals surface area contributed by atoms with Crippen molar-refractivity contribution in [3.8, 4) is 11.5 Å². The summed E-state index contributed by atoms with van der Waals surface area (Å²) >= 11 is 0. The van der Waals surface area contributed by atoms with Crippen LogP contribution in [0.2, 0.25) is 0 Å². The van der Waals surface area contributed by atoms with Crippen LogP contribution in [0, 0.1) is 23.7 Å². The number of ketones is 2. The Bertz CT molecular complexity index is 1890. The van der Waals surface area contributed by atoms with Crippen LogP contribution in [0.5, 0.6) is 0 Å². The number of amides is 1. The summed E-state index contributed by atoms with van der Waals surface area (Å²) in [7, 11) is 3.57. The highest BCUT2D eigenvalue weighted by Gasteiger charge is 2.57. The number of aliphatic hydroxyl groups is 1. The minimum atomic E-state index is -1.94. The second-order valence-corrected chi connectivity index (χ2v) is 16.9. The van der Waals surface area contributed by atoms with Crippen LogP contribution >= 0.6 is 0 Å². The summed E-state index contributed by atoms with van der Waals surface area (Å²) in [6, 6.07) is 5.23. The predicted molar refractivity (Wildman–Crippen MR) is 212 cm³/mol. The van der Waals surface area contributed by atoms with Crippen LogP contribution < -0.4 is 5.32 Å². The molecule has 0 saturated carbocycles. The molecule has 16 nitrogen and oxygen atoms in total. The van der Waals surface area contributed by atoms with Gasteiger partial charge in [0.2, 0.25) is 5.89 Å². The maximum atomic E-state index is 15.3. The first-order valence-corrected chi connectivity index (χ1v) is 20.3. The van der Waals surface area contributed by atoms with Crippen LogP contribution in [0.4, 0.5) is 14.0 Å². The minimum absolute atomic E-state index is 0.189. The van der Waals surface area contributed by atoms with Gasteiger partial charge in [-0.05, 0) is 84.8 Å². The number of esters is 1. The molecule has 0 aliphatic carbocycles. The lowest BCUT2D eigenvalue weighted by Gasteiger charge is -2.46. The van der Waals surface area contributed by atoms with Crippen molar-refractivity contribution in [3.05, 3.63) is 48.1 Å². The Kier molecular flexibility index (Phi) is 14.6. The van der Waals surface area contributed by atoms with E-state index in [-0.39, 0.29) is 18.6 Å². The molecule has 2 aromatic rings. The molecule has 0 radical (unpaired) electrons. The third-order valence-electron chi connectivity index (χ3n) is 12.0. The highest BCUT2D eigenvalue weighted by molar-refractivity contribution is 6.00. The van der Waals surface area contributed by atoms with E-state index < -0.39 is 114 Å². The number of rotatable bonds is 9. The molecule has 0 bridgehead atoms. The van der Waals surface area contributed by atoms with E-state index in [1.807, 2.05) is 4.90 Å². The molecular formula is C43H58FN3O13. The molecular weight excluding hydrogens is 785 g/mol. The first kappa shape index (κ1) is 46.4. The van der Waals surface area contributed by atoms with Crippen LogP contribution in [0.25, 0.3) is 17.5 Å². The number of ether oxygens (including phenoxy) is 6. The number of nitrogens with one attached hydrogen (secondary N) is 1. The molecule has 3 fully saturated rings. The van der Waals surface area contributed by atoms with Crippen LogP contribution in [0.3, 0.4) is 0 Å². The monoisotopic (exact) mass is 843 g/mol. The number of halogens is 1. The number of oxazole rings is 1. The average molecular weight is 844 g/mol. The molecule has 0 unspecified atom stereocenters. The van der Waals surface area contributed by atoms with Crippen molar-refractivity contribution in [1.82, 2.24) is 15.2 Å². The van der Waals surface area contributed by atoms with Gasteiger partial charge in [-0.1, -0.05) is 39.8 Å². The zero-order valence-electron chi connectivity index (χ0n) is 35.8. The number of benzene rings is 1. The third kappa shape index (κ3) is 10.1. The summed E-state index contributed by atoms with van der Waals surface area (Å²) in [4.78, 5) is 74.9. The van der Waals surface area contributed by atoms with Gasteiger partial charge in [-0.3, -0.25) is 14.4 Å². The van der Waals surface area contributed by atoms with Crippen molar-refractivity contribution >= 4 is 35.9 Å². The fourth-order valence-electron chi connectivity index (χ4n) is 8.74. The van der Waals surface area contributed by atoms with Gasteiger partial charge >= 0.3 is 18.2 Å². The summed E-state index contributed by atoms with van der Waals surface area (Å²) in [5, 5.41) is 14.2. The first-order valence-electron chi connectivity index (χ1n) is 20.3. The molecule has 17 heteroatoms. The first-order chi connectivity index (χ1) is 28.2. The molecule has 2 N–H and O–H groups in total. The van der Waals surface area contributed by atoms with E-state index in [0.717, 1.165) is 6.08 Å². The van der Waals surface area contributed by atoms with E-state index >= 15 is 4.39 Å². The van der Waals surface area contributed by atoms with E-state index in [9.17, 15) is 29.1 Å². The standard InChI is InChI=1S/C43H58FN3O13/c1-11-31-43(8)35(46-40(52)59-43)24(4)32(48)22(2)20-42(7,60-41(53)55-21-29(44)19-27-12-14-28(15-13-27)37-45-16-17-54-37)36(25(5)33(49)26(6)38(51)57-31)58-39-34(50)30(47(9)10)18-23(3)56-39/h12-17,19,22-26,30-31,34-36,39,50H,11,18,20-21H2,1-10H3,(H,46,52)/t22-,23-,24+,25+,26-,30+,31-,34-,35-,36-,39+,42-,43-/m1/s1. The maximum Gasteiger partial charge on any atom is 0.509 e. The SMILES string of the molecule is CC[C@H]1OC(=O)[C@H](C)C(=O)[C@H](C)[C@@H](O[C@@H]2O[C@H](C)C[C@H](N(C)C)[C@H]2O)[C@](C)(OC(=O)OCC(F)=Cc2ccc(-c3ncco3)cc2)C[C@@H](C)C(=O)[C@H](C)[C@H]2NC(=O)O[C@@]21C. The average Bonchev–Trinajstić information content (AvgIpc) is 3.85. The highest BCUT2D eigenvalue weighted by Crippen LogP contribution is 2.40. The number of hydrogen-bond acceptors (Lipinski definition) is 15. The predicted octanol–water partition coefficient (Wildman–Crippen LogP) is 5.65. The Hall–Kier alpha value is -4.71. The van der Waals surface area contributed by atoms with Crippen LogP contribution in [0.15, 0.2) is 47.0 Å². The molecule has 330 valence electrons. The summed E-state index contributed by atoms with van der Waals surface area (Å²) < 4.78 is 56.1. The molecule has 4 heterocycles. The van der Waals surface area contributed by atoms with E-state index in [4.69, 9.17) is 32.8 Å². The second-order valence-electron chi connectivity index (χ2n) is 16.9. The smallest absolute Gasteiger partial charge is 0.458 e. The summed E-state index contributed by atoms with van der Waals surface area (Å²) in [6.07, 6.45) is -3.26. The Morgan fingerprint density at radius 2 is 1.73 bits per heavy atom. The van der Waals surface area contributed by atoms with E-state index in [0.29, 0.717) is 23.4 Å². The molecule has 1 aromatic heterocycles. The zero-order chi connectivity index (χ0) is 44.3. The topological polar surface area (TPSA) is 202 Å². The van der Waals surface area contributed by atoms with E-state index in [2.05, 4.69) is 10.3 Å². The molecule has 1 aromatic carbocycles. The van der Waals surface area contributed by atoms with Crippen molar-refractivity contribution in [2.24, 2.45) is 23.7 Å². The molecule has 13 atom stereocenters. The lowest BCUT2D eigenvalue weighted by atomic mass is 9.73. The van der Waals surface area contributed by atoms with Gasteiger partial charge in [0.15, 0.2) is 17.7 Å². The maximum absolute atomic E-state index is 15.3. The minimum Gasteiger partial charge on any atom is -0.458 e. The van der Waals surface area contributed by atoms with Crippen molar-refractivity contribution in [3.63, 3.8) is 0 Å². The van der Waals surface area contributed by atoms with Gasteiger partial charge in [0.1, 0.15) is 54.3 Å². The summed E-state index contributed by atoms with van der Waals surface area (Å²) in [6.45, 7) is 11.7. The van der Waals surface area contributed by atoms with Crippen LogP contribution in [-0.2, 0) is 42.8 Å². The van der Waals surface area contributed by atoms with Crippen LogP contribution in [0.1, 0.15) is 80.2 Å². The van der Waals surface area contributed by atoms with Crippen molar-refractivity contribution in [2.75, 3.05) is 20.7 Å². The molecule has 3 saturated heterocycles. The van der Waals surface area contributed by atoms with Gasteiger partial charge in [-0.25, -0.2) is 19.0 Å². The molecule has 60 heavy (non-hydrogen) atoms. The summed E-state index contributed by atoms with van der Waals surface area (Å²) in [5.41, 5.74) is -2.31. The fourth-order valence-corrected chi connectivity index (χ4v) is 8.74. The van der Waals surface area contributed by atoms with Gasteiger partial charge < -0.3 is 48.2 Å². The fraction of sp³-hybridized carbons (Fsp3) is 0.628. The number of aromatic nitrogens is 1. The number of Topliss-reactive ketones (excluding diaryl/α,β-unsaturated/α-hetero) is 2. The van der Waals surface area contributed by atoms with E-state index in [1.54, 1.807) is 73.0 Å². The lowest BCUT2D eigenvalue weighted by molar-refractivity contribution is -0.293. The third-order valence-corrected chi connectivity index (χ3v) is 12.0. The Morgan fingerprint density at radius 3 is 2.35 bits per heavy atom. The zero-order valence-corrected chi connectivity index (χ0v) is 35.8. The lowest BCUT2D eigenvalue weighted by Crippen LogP contribution is -2.60. The number of likely N-dealkylation sites (N-methyl/N-ethyl adjacent to an activating group) is 1. The van der Waals surface area contributed by atoms with Crippen molar-refractivity contribution < 1.29 is 66.3 Å². The Labute approximate surface area is 349 Å². The normalized spacial score (nSPS) is 35.8. The molecule has 0 spiro atoms. The second kappa shape index (κ2) is 18.9. The number of carbonyl (C=O) groups excluding carboxylic acids is 5.